The highest BCUT2D eigenvalue weighted by Gasteiger charge is 2.22. The lowest BCUT2D eigenvalue weighted by Crippen LogP contribution is -2.28. The zero-order valence-electron chi connectivity index (χ0n) is 21.0. The van der Waals surface area contributed by atoms with Crippen LogP contribution >= 0.6 is 11.3 Å². The molecule has 14 heteroatoms. The molecule has 2 aromatic heterocycles. The summed E-state index contributed by atoms with van der Waals surface area (Å²) in [6.07, 6.45) is 1.48. The average Bonchev–Trinajstić information content (AvgIpc) is 3.37. The van der Waals surface area contributed by atoms with Crippen molar-refractivity contribution in [3.63, 3.8) is 0 Å². The minimum atomic E-state index is -0.719. The van der Waals surface area contributed by atoms with Crippen LogP contribution in [0, 0.1) is 21.7 Å². The minimum absolute atomic E-state index is 0.109. The number of hydrogen-bond acceptors (Lipinski definition) is 11. The van der Waals surface area contributed by atoms with Gasteiger partial charge in [-0.1, -0.05) is 11.3 Å². The van der Waals surface area contributed by atoms with Gasteiger partial charge in [-0.05, 0) is 32.3 Å². The van der Waals surface area contributed by atoms with Crippen molar-refractivity contribution in [2.24, 2.45) is 0 Å². The van der Waals surface area contributed by atoms with E-state index in [9.17, 15) is 18.9 Å². The predicted octanol–water partition coefficient (Wildman–Crippen LogP) is 4.60. The van der Waals surface area contributed by atoms with E-state index in [2.05, 4.69) is 25.5 Å². The van der Waals surface area contributed by atoms with Crippen molar-refractivity contribution in [2.45, 2.75) is 0 Å². The van der Waals surface area contributed by atoms with E-state index >= 15 is 0 Å². The molecule has 0 atom stereocenters. The highest BCUT2D eigenvalue weighted by Crippen LogP contribution is 2.39. The molecular formula is C24H24F2N8O3S. The van der Waals surface area contributed by atoms with Crippen LogP contribution in [0.25, 0.3) is 21.3 Å². The van der Waals surface area contributed by atoms with Crippen molar-refractivity contribution in [1.82, 2.24) is 25.1 Å². The Bertz CT molecular complexity index is 1450. The fourth-order valence-electron chi connectivity index (χ4n) is 3.53. The molecule has 4 aromatic rings. The predicted molar refractivity (Wildman–Crippen MR) is 141 cm³/mol. The number of methoxy groups -OCH3 is 1. The van der Waals surface area contributed by atoms with Gasteiger partial charge in [0.15, 0.2) is 5.01 Å². The molecule has 0 aliphatic carbocycles. The Morgan fingerprint density at radius 2 is 1.76 bits per heavy atom. The summed E-state index contributed by atoms with van der Waals surface area (Å²) in [6, 6.07) is 7.68. The number of benzene rings is 2. The highest BCUT2D eigenvalue weighted by atomic mass is 32.1. The molecule has 0 unspecified atom stereocenters. The molecule has 4 rings (SSSR count). The molecule has 0 saturated heterocycles. The third-order valence-electron chi connectivity index (χ3n) is 5.44. The first-order valence-corrected chi connectivity index (χ1v) is 12.1. The maximum atomic E-state index is 13.6. The lowest BCUT2D eigenvalue weighted by Gasteiger charge is -2.22. The summed E-state index contributed by atoms with van der Waals surface area (Å²) in [5, 5.41) is 23.7. The molecular weight excluding hydrogens is 518 g/mol. The van der Waals surface area contributed by atoms with Crippen LogP contribution in [0.2, 0.25) is 0 Å². The van der Waals surface area contributed by atoms with Crippen molar-refractivity contribution in [3.05, 3.63) is 64.3 Å². The Kier molecular flexibility index (Phi) is 8.02. The van der Waals surface area contributed by atoms with E-state index in [4.69, 9.17) is 4.74 Å². The molecule has 11 nitrogen and oxygen atoms in total. The second-order valence-corrected chi connectivity index (χ2v) is 9.46. The first-order chi connectivity index (χ1) is 18.1. The van der Waals surface area contributed by atoms with Gasteiger partial charge in [-0.25, -0.2) is 18.7 Å². The van der Waals surface area contributed by atoms with Gasteiger partial charge in [-0.2, -0.15) is 0 Å². The van der Waals surface area contributed by atoms with Crippen LogP contribution in [0.3, 0.4) is 0 Å². The summed E-state index contributed by atoms with van der Waals surface area (Å²) < 4.78 is 32.7. The SMILES string of the molecule is COc1cc(N(C)CCN(C)C)c([N+](=O)[O-])cc1Nc1nccc(-c2nnc(-c3cc(F)cc(F)c3)s2)n1. The van der Waals surface area contributed by atoms with E-state index in [1.54, 1.807) is 24.1 Å². The molecule has 0 radical (unpaired) electrons. The first-order valence-electron chi connectivity index (χ1n) is 11.3. The van der Waals surface area contributed by atoms with E-state index < -0.39 is 16.6 Å². The second-order valence-electron chi connectivity index (χ2n) is 8.48. The Hall–Kier alpha value is -4.30. The second kappa shape index (κ2) is 11.4. The van der Waals surface area contributed by atoms with Crippen LogP contribution < -0.4 is 15.0 Å². The molecule has 1 N–H and O–H groups in total. The summed E-state index contributed by atoms with van der Waals surface area (Å²) in [6.45, 7) is 1.28. The van der Waals surface area contributed by atoms with Crippen LogP contribution in [0.4, 0.5) is 31.8 Å². The van der Waals surface area contributed by atoms with Crippen molar-refractivity contribution in [1.29, 1.82) is 0 Å². The van der Waals surface area contributed by atoms with Crippen LogP contribution in [0.15, 0.2) is 42.6 Å². The van der Waals surface area contributed by atoms with Gasteiger partial charge in [0.05, 0.1) is 17.7 Å². The van der Waals surface area contributed by atoms with Crippen LogP contribution in [-0.2, 0) is 0 Å². The third-order valence-corrected chi connectivity index (χ3v) is 6.44. The molecule has 0 bridgehead atoms. The maximum Gasteiger partial charge on any atom is 0.294 e. The number of rotatable bonds is 10. The maximum absolute atomic E-state index is 13.6. The number of halogens is 2. The quantitative estimate of drug-likeness (QED) is 0.225. The van der Waals surface area contributed by atoms with Gasteiger partial charge >= 0.3 is 0 Å². The Morgan fingerprint density at radius 3 is 2.42 bits per heavy atom. The standard InChI is InChI=1S/C24H24F2N8O3S/c1-32(2)7-8-33(3)19-13-21(37-4)18(12-20(19)34(35)36)29-24-27-6-5-17(28-24)23-31-30-22(38-23)14-9-15(25)11-16(26)10-14/h5-6,9-13H,7-8H2,1-4H3,(H,27,28,29). The zero-order valence-corrected chi connectivity index (χ0v) is 21.8. The van der Waals surface area contributed by atoms with Crippen LogP contribution in [0.1, 0.15) is 0 Å². The number of hydrogen-bond donors (Lipinski definition) is 1. The Morgan fingerprint density at radius 1 is 1.05 bits per heavy atom. The molecule has 0 fully saturated rings. The van der Waals surface area contributed by atoms with Gasteiger partial charge in [0, 0.05) is 50.1 Å². The summed E-state index contributed by atoms with van der Waals surface area (Å²) in [5.41, 5.74) is 1.25. The highest BCUT2D eigenvalue weighted by molar-refractivity contribution is 7.17. The van der Waals surface area contributed by atoms with Gasteiger partial charge < -0.3 is 19.9 Å². The summed E-state index contributed by atoms with van der Waals surface area (Å²) in [7, 11) is 7.09. The average molecular weight is 543 g/mol. The molecule has 2 heterocycles. The first kappa shape index (κ1) is 26.8. The zero-order chi connectivity index (χ0) is 27.4. The number of nitro groups is 1. The summed E-state index contributed by atoms with van der Waals surface area (Å²) in [4.78, 5) is 23.8. The molecule has 0 aliphatic heterocycles. The fourth-order valence-corrected chi connectivity index (χ4v) is 4.33. The number of nitrogens with zero attached hydrogens (tertiary/aromatic N) is 7. The number of nitrogens with one attached hydrogen (secondary N) is 1. The summed E-state index contributed by atoms with van der Waals surface area (Å²) >= 11 is 1.10. The Balaban J connectivity index is 1.63. The van der Waals surface area contributed by atoms with Crippen LogP contribution in [0.5, 0.6) is 5.75 Å². The molecule has 0 saturated carbocycles. The van der Waals surface area contributed by atoms with E-state index in [0.717, 1.165) is 17.4 Å². The molecule has 2 aromatic carbocycles. The van der Waals surface area contributed by atoms with Gasteiger partial charge in [0.25, 0.3) is 5.69 Å². The minimum Gasteiger partial charge on any atom is -0.494 e. The van der Waals surface area contributed by atoms with Gasteiger partial charge in [0.1, 0.15) is 33.8 Å². The van der Waals surface area contributed by atoms with E-state index in [1.807, 2.05) is 19.0 Å². The fraction of sp³-hybridized carbons (Fsp3) is 0.250. The molecule has 0 aliphatic rings. The number of anilines is 3. The van der Waals surface area contributed by atoms with Crippen molar-refractivity contribution < 1.29 is 18.4 Å². The largest absolute Gasteiger partial charge is 0.494 e. The van der Waals surface area contributed by atoms with E-state index in [-0.39, 0.29) is 17.2 Å². The third kappa shape index (κ3) is 6.15. The van der Waals surface area contributed by atoms with Crippen LogP contribution in [-0.4, -0.2) is 71.3 Å². The van der Waals surface area contributed by atoms with Crippen molar-refractivity contribution in [2.75, 3.05) is 51.6 Å². The normalized spacial score (nSPS) is 11.0. The van der Waals surface area contributed by atoms with Gasteiger partial charge in [0.2, 0.25) is 5.95 Å². The van der Waals surface area contributed by atoms with Crippen molar-refractivity contribution in [3.8, 4) is 27.0 Å². The van der Waals surface area contributed by atoms with E-state index in [0.29, 0.717) is 45.9 Å². The van der Waals surface area contributed by atoms with Gasteiger partial charge in [-0.15, -0.1) is 10.2 Å². The monoisotopic (exact) mass is 542 g/mol. The lowest BCUT2D eigenvalue weighted by molar-refractivity contribution is -0.384. The smallest absolute Gasteiger partial charge is 0.294 e. The number of likely N-dealkylation sites (N-methyl/N-ethyl adjacent to an activating group) is 2. The topological polar surface area (TPSA) is 122 Å². The number of nitro benzene ring substituents is 1. The summed E-state index contributed by atoms with van der Waals surface area (Å²) in [5.74, 6) is -0.938. The van der Waals surface area contributed by atoms with Crippen molar-refractivity contribution >= 4 is 34.3 Å². The molecule has 0 amide bonds. The number of aromatic nitrogens is 4. The van der Waals surface area contributed by atoms with E-state index in [1.165, 1.54) is 31.5 Å². The molecule has 198 valence electrons. The molecule has 0 spiro atoms. The van der Waals surface area contributed by atoms with Gasteiger partial charge in [-0.3, -0.25) is 10.1 Å². The molecule has 38 heavy (non-hydrogen) atoms. The lowest BCUT2D eigenvalue weighted by atomic mass is 10.2. The Labute approximate surface area is 220 Å². The number of ether oxygens (including phenoxy) is 1.